The van der Waals surface area contributed by atoms with Gasteiger partial charge in [0.2, 0.25) is 5.91 Å². The zero-order chi connectivity index (χ0) is 31.0. The van der Waals surface area contributed by atoms with Crippen molar-refractivity contribution in [3.63, 3.8) is 0 Å². The molecule has 0 atom stereocenters. The van der Waals surface area contributed by atoms with E-state index in [2.05, 4.69) is 10.2 Å². The summed E-state index contributed by atoms with van der Waals surface area (Å²) in [5.74, 6) is -0.228. The number of amides is 1. The minimum Gasteiger partial charge on any atom is -0.496 e. The van der Waals surface area contributed by atoms with Gasteiger partial charge in [-0.3, -0.25) is 18.7 Å². The van der Waals surface area contributed by atoms with Crippen LogP contribution < -0.4 is 16.0 Å². The van der Waals surface area contributed by atoms with E-state index >= 15 is 0 Å². The highest BCUT2D eigenvalue weighted by Crippen LogP contribution is 2.30. The van der Waals surface area contributed by atoms with Crippen LogP contribution in [0.1, 0.15) is 38.3 Å². The predicted octanol–water partition coefficient (Wildman–Crippen LogP) is 2.12. The number of hydrogen-bond donors (Lipinski definition) is 2. The monoisotopic (exact) mass is 604 g/mol. The summed E-state index contributed by atoms with van der Waals surface area (Å²) in [6.07, 6.45) is 4.07. The highest BCUT2D eigenvalue weighted by molar-refractivity contribution is 7.21. The first-order valence-electron chi connectivity index (χ1n) is 13.6. The van der Waals surface area contributed by atoms with Crippen molar-refractivity contribution >= 4 is 27.5 Å². The summed E-state index contributed by atoms with van der Waals surface area (Å²) in [4.78, 5) is 44.2. The number of aryl methyl sites for hydroxylation is 3. The molecular formula is C28H37FN6O6S. The number of rotatable bonds is 11. The molecule has 12 nitrogen and oxygen atoms in total. The number of methoxy groups -OCH3 is 1. The Hall–Kier alpha value is -3.88. The lowest BCUT2D eigenvalue weighted by Gasteiger charge is -2.26. The van der Waals surface area contributed by atoms with Crippen molar-refractivity contribution in [1.29, 1.82) is 0 Å². The second-order valence-corrected chi connectivity index (χ2v) is 10.7. The van der Waals surface area contributed by atoms with Gasteiger partial charge >= 0.3 is 5.69 Å². The summed E-state index contributed by atoms with van der Waals surface area (Å²) in [7, 11) is 1.50. The molecule has 0 spiro atoms. The maximum atomic E-state index is 14.0. The normalized spacial score (nSPS) is 11.1. The number of nitrogens with zero attached hydrogens (tertiary/aromatic N) is 6. The van der Waals surface area contributed by atoms with Gasteiger partial charge in [-0.1, -0.05) is 18.3 Å². The number of ether oxygens (including phenoxy) is 1. The van der Waals surface area contributed by atoms with Crippen LogP contribution >= 0.6 is 11.3 Å². The Balaban J connectivity index is 0.00000114. The smallest absolute Gasteiger partial charge is 0.332 e. The molecule has 1 aromatic carbocycles. The molecule has 228 valence electrons. The van der Waals surface area contributed by atoms with Crippen molar-refractivity contribution in [2.45, 2.75) is 59.7 Å². The predicted molar refractivity (Wildman–Crippen MR) is 158 cm³/mol. The number of thiophene rings is 1. The first-order chi connectivity index (χ1) is 20.1. The molecule has 0 bridgehead atoms. The van der Waals surface area contributed by atoms with E-state index < -0.39 is 17.1 Å². The molecule has 0 saturated carbocycles. The van der Waals surface area contributed by atoms with Crippen LogP contribution in [0.2, 0.25) is 0 Å². The molecule has 0 aliphatic carbocycles. The third kappa shape index (κ3) is 7.12. The number of carbonyl (C=O) groups excluding carboxylic acids is 1. The molecule has 0 radical (unpaired) electrons. The molecular weight excluding hydrogens is 567 g/mol. The van der Waals surface area contributed by atoms with Crippen molar-refractivity contribution in [1.82, 2.24) is 29.0 Å². The van der Waals surface area contributed by atoms with Gasteiger partial charge in [0.25, 0.3) is 5.56 Å². The van der Waals surface area contributed by atoms with Crippen molar-refractivity contribution in [2.75, 3.05) is 26.9 Å². The molecule has 0 aliphatic heterocycles. The fourth-order valence-electron chi connectivity index (χ4n) is 4.54. The Kier molecular flexibility index (Phi) is 11.5. The highest BCUT2D eigenvalue weighted by atomic mass is 32.1. The van der Waals surface area contributed by atoms with Crippen LogP contribution in [0.3, 0.4) is 0 Å². The first-order valence-corrected chi connectivity index (χ1v) is 14.4. The summed E-state index contributed by atoms with van der Waals surface area (Å²) < 4.78 is 21.8. The summed E-state index contributed by atoms with van der Waals surface area (Å²) >= 11 is 1.22. The van der Waals surface area contributed by atoms with Crippen LogP contribution in [0.4, 0.5) is 4.39 Å². The van der Waals surface area contributed by atoms with Crippen LogP contribution in [0.25, 0.3) is 15.2 Å². The Morgan fingerprint density at radius 2 is 1.81 bits per heavy atom. The standard InChI is InChI=1S/C26H31FN6O4S.C2H6O2/c1-6-12-30(16(2)3)21(34)15-32-23(35)22-17(4)24(33-28-10-11-29-33)38-25(22)31(26(32)36)13-9-18-14-19(27)7-8-20(18)37-5;3-1-2-4/h7-8,10-11,14,16H,6,9,12-13,15H2,1-5H3;3-4H,1-2H2. The largest absolute Gasteiger partial charge is 0.496 e. The lowest BCUT2D eigenvalue weighted by molar-refractivity contribution is -0.133. The van der Waals surface area contributed by atoms with Crippen molar-refractivity contribution < 1.29 is 24.1 Å². The Morgan fingerprint density at radius 1 is 1.14 bits per heavy atom. The molecule has 3 aromatic heterocycles. The van der Waals surface area contributed by atoms with Crippen LogP contribution in [0, 0.1) is 12.7 Å². The van der Waals surface area contributed by atoms with Gasteiger partial charge in [0.1, 0.15) is 27.9 Å². The zero-order valence-electron chi connectivity index (χ0n) is 24.4. The lowest BCUT2D eigenvalue weighted by Crippen LogP contribution is -2.46. The number of carbonyl (C=O) groups is 1. The van der Waals surface area contributed by atoms with E-state index in [1.165, 1.54) is 58.4 Å². The molecule has 4 rings (SSSR count). The molecule has 4 aromatic rings. The van der Waals surface area contributed by atoms with Gasteiger partial charge in [0, 0.05) is 24.7 Å². The van der Waals surface area contributed by atoms with Gasteiger partial charge in [-0.2, -0.15) is 10.2 Å². The van der Waals surface area contributed by atoms with E-state index in [1.54, 1.807) is 11.8 Å². The fraction of sp³-hybridized carbons (Fsp3) is 0.464. The second-order valence-electron chi connectivity index (χ2n) is 9.69. The molecule has 1 amide bonds. The average Bonchev–Trinajstić information content (AvgIpc) is 3.62. The van der Waals surface area contributed by atoms with Gasteiger partial charge in [-0.25, -0.2) is 9.18 Å². The van der Waals surface area contributed by atoms with Crippen LogP contribution in [0.5, 0.6) is 5.75 Å². The van der Waals surface area contributed by atoms with Gasteiger partial charge in [-0.15, -0.1) is 4.80 Å². The van der Waals surface area contributed by atoms with Crippen LogP contribution in [-0.2, 0) is 24.3 Å². The molecule has 0 unspecified atom stereocenters. The third-order valence-electron chi connectivity index (χ3n) is 6.52. The van der Waals surface area contributed by atoms with Crippen LogP contribution in [-0.4, -0.2) is 78.1 Å². The summed E-state index contributed by atoms with van der Waals surface area (Å²) in [6.45, 7) is 7.57. The molecule has 2 N–H and O–H groups in total. The number of benzene rings is 1. The van der Waals surface area contributed by atoms with Gasteiger partial charge in [0.05, 0.1) is 38.1 Å². The second kappa shape index (κ2) is 14.8. The van der Waals surface area contributed by atoms with E-state index in [9.17, 15) is 18.8 Å². The summed E-state index contributed by atoms with van der Waals surface area (Å²) in [5.41, 5.74) is 0.0502. The molecule has 0 fully saturated rings. The SMILES string of the molecule is CCCN(C(=O)Cn1c(=O)c2c(C)c(-n3nccn3)sc2n(CCc2cc(F)ccc2OC)c1=O)C(C)C.OCCO. The zero-order valence-corrected chi connectivity index (χ0v) is 25.2. The number of aliphatic hydroxyl groups is 2. The minimum absolute atomic E-state index is 0.0788. The van der Waals surface area contributed by atoms with E-state index in [4.69, 9.17) is 14.9 Å². The first kappa shape index (κ1) is 32.6. The highest BCUT2D eigenvalue weighted by Gasteiger charge is 2.24. The number of aromatic nitrogens is 5. The molecule has 3 heterocycles. The average molecular weight is 605 g/mol. The topological polar surface area (TPSA) is 145 Å². The third-order valence-corrected chi connectivity index (χ3v) is 7.80. The number of hydrogen-bond acceptors (Lipinski definition) is 9. The van der Waals surface area contributed by atoms with Gasteiger partial charge in [0.15, 0.2) is 0 Å². The fourth-order valence-corrected chi connectivity index (χ4v) is 5.78. The quantitative estimate of drug-likeness (QED) is 0.265. The maximum Gasteiger partial charge on any atom is 0.332 e. The number of aliphatic hydroxyl groups excluding tert-OH is 2. The number of halogens is 1. The van der Waals surface area contributed by atoms with Crippen molar-refractivity contribution in [2.24, 2.45) is 0 Å². The molecule has 0 aliphatic rings. The number of fused-ring (bicyclic) bond motifs is 1. The molecule has 0 saturated heterocycles. The Bertz CT molecular complexity index is 1610. The molecule has 42 heavy (non-hydrogen) atoms. The van der Waals surface area contributed by atoms with E-state index in [1.807, 2.05) is 20.8 Å². The van der Waals surface area contributed by atoms with E-state index in [-0.39, 0.29) is 44.7 Å². The molecule has 14 heteroatoms. The van der Waals surface area contributed by atoms with Gasteiger partial charge in [-0.05, 0) is 57.4 Å². The van der Waals surface area contributed by atoms with Crippen molar-refractivity contribution in [3.05, 3.63) is 68.4 Å². The Morgan fingerprint density at radius 3 is 2.38 bits per heavy atom. The Labute approximate surface area is 246 Å². The van der Waals surface area contributed by atoms with Crippen molar-refractivity contribution in [3.8, 4) is 10.8 Å². The summed E-state index contributed by atoms with van der Waals surface area (Å²) in [6, 6.07) is 4.13. The van der Waals surface area contributed by atoms with Gasteiger partial charge < -0.3 is 19.8 Å². The van der Waals surface area contributed by atoms with E-state index in [0.717, 1.165) is 11.0 Å². The van der Waals surface area contributed by atoms with E-state index in [0.29, 0.717) is 38.6 Å². The minimum atomic E-state index is -0.604. The maximum absolute atomic E-state index is 14.0. The lowest BCUT2D eigenvalue weighted by atomic mass is 10.1. The van der Waals surface area contributed by atoms with Crippen LogP contribution in [0.15, 0.2) is 40.2 Å². The summed E-state index contributed by atoms with van der Waals surface area (Å²) in [5, 5.41) is 24.5.